The molecule has 1 aromatic heterocycles. The molecule has 0 spiro atoms. The highest BCUT2D eigenvalue weighted by molar-refractivity contribution is 7.89. The number of sulfonamides is 1. The third kappa shape index (κ3) is 6.15. The number of fused-ring (bicyclic) bond motifs is 1. The molecule has 0 aliphatic carbocycles. The topological polar surface area (TPSA) is 140 Å². The van der Waals surface area contributed by atoms with Crippen molar-refractivity contribution in [1.29, 1.82) is 0 Å². The first-order valence-corrected chi connectivity index (χ1v) is 14.0. The molecule has 1 aromatic carbocycles. The van der Waals surface area contributed by atoms with Gasteiger partial charge in [0, 0.05) is 56.6 Å². The fourth-order valence-electron chi connectivity index (χ4n) is 3.92. The van der Waals surface area contributed by atoms with Gasteiger partial charge in [-0.2, -0.15) is 12.7 Å². The van der Waals surface area contributed by atoms with Crippen molar-refractivity contribution < 1.29 is 25.9 Å². The van der Waals surface area contributed by atoms with E-state index in [0.717, 1.165) is 29.6 Å². The Morgan fingerprint density at radius 2 is 2.03 bits per heavy atom. The summed E-state index contributed by atoms with van der Waals surface area (Å²) in [5.41, 5.74) is 1.22. The van der Waals surface area contributed by atoms with Gasteiger partial charge in [-0.25, -0.2) is 8.42 Å². The van der Waals surface area contributed by atoms with E-state index in [4.69, 9.17) is 10.6 Å². The van der Waals surface area contributed by atoms with Gasteiger partial charge in [-0.1, -0.05) is 18.9 Å². The molecule has 188 valence electrons. The summed E-state index contributed by atoms with van der Waals surface area (Å²) in [5, 5.41) is 11.6. The van der Waals surface area contributed by atoms with Crippen molar-refractivity contribution in [3.8, 4) is 12.3 Å². The number of non-ortho nitro benzene ring substituents is 1. The Bertz CT molecular complexity index is 1370. The minimum Gasteiger partial charge on any atom is -0.367 e. The molecule has 0 fully saturated rings. The first-order chi connectivity index (χ1) is 16.5. The van der Waals surface area contributed by atoms with E-state index < -0.39 is 30.8 Å². The molecule has 35 heavy (non-hydrogen) atoms. The van der Waals surface area contributed by atoms with Crippen molar-refractivity contribution in [2.75, 3.05) is 37.4 Å². The summed E-state index contributed by atoms with van der Waals surface area (Å²) in [4.78, 5) is 16.5. The van der Waals surface area contributed by atoms with E-state index in [9.17, 15) is 26.9 Å². The maximum absolute atomic E-state index is 13.9. The van der Waals surface area contributed by atoms with Crippen LogP contribution in [0.4, 0.5) is 11.4 Å². The fourth-order valence-corrected chi connectivity index (χ4v) is 5.97. The van der Waals surface area contributed by atoms with E-state index in [0.29, 0.717) is 19.4 Å². The first-order valence-electron chi connectivity index (χ1n) is 10.8. The number of terminal acetylenes is 1. The maximum atomic E-state index is 13.9. The van der Waals surface area contributed by atoms with Crippen LogP contribution in [-0.2, 0) is 37.3 Å². The van der Waals surface area contributed by atoms with Gasteiger partial charge >= 0.3 is 0 Å². The molecule has 0 unspecified atom stereocenters. The lowest BCUT2D eigenvalue weighted by atomic mass is 10.1. The quantitative estimate of drug-likeness (QED) is 0.198. The molecule has 0 radical (unpaired) electrons. The van der Waals surface area contributed by atoms with E-state index in [-0.39, 0.29) is 42.4 Å². The van der Waals surface area contributed by atoms with Crippen LogP contribution in [0.2, 0.25) is 0 Å². The highest BCUT2D eigenvalue weighted by Gasteiger charge is 2.34. The minimum absolute atomic E-state index is 0.00265. The molecule has 0 amide bonds. The molecule has 0 saturated carbocycles. The second-order valence-electron chi connectivity index (χ2n) is 7.95. The predicted octanol–water partition coefficient (Wildman–Crippen LogP) is 1.91. The molecule has 0 bridgehead atoms. The average molecular weight is 523 g/mol. The predicted molar refractivity (Wildman–Crippen MR) is 130 cm³/mol. The van der Waals surface area contributed by atoms with E-state index >= 15 is 0 Å². The van der Waals surface area contributed by atoms with Gasteiger partial charge in [0.2, 0.25) is 10.0 Å². The Kier molecular flexibility index (Phi) is 8.11. The maximum Gasteiger partial charge on any atom is 0.272 e. The molecule has 0 atom stereocenters. The SMILES string of the molecule is C#Cc1cc([N+](=O)[O-])cc(S(=O)(=O)N2CCc3ncccc3C2)c1N(CCC)CCOS(C)(=O)=O. The molecule has 11 nitrogen and oxygen atoms in total. The summed E-state index contributed by atoms with van der Waals surface area (Å²) in [5.74, 6) is 2.37. The molecule has 1 aliphatic rings. The number of aromatic nitrogens is 1. The summed E-state index contributed by atoms with van der Waals surface area (Å²) in [6.45, 7) is 2.13. The van der Waals surface area contributed by atoms with Gasteiger partial charge in [0.05, 0.1) is 29.0 Å². The monoisotopic (exact) mass is 522 g/mol. The van der Waals surface area contributed by atoms with Crippen molar-refractivity contribution in [2.24, 2.45) is 0 Å². The number of nitrogens with zero attached hydrogens (tertiary/aromatic N) is 4. The molecular formula is C22H26N4O7S2. The number of pyridine rings is 1. The van der Waals surface area contributed by atoms with Gasteiger partial charge in [-0.15, -0.1) is 6.42 Å². The van der Waals surface area contributed by atoms with Crippen molar-refractivity contribution in [3.05, 3.63) is 57.4 Å². The third-order valence-electron chi connectivity index (χ3n) is 5.44. The molecule has 2 aromatic rings. The second-order valence-corrected chi connectivity index (χ2v) is 11.5. The molecular weight excluding hydrogens is 496 g/mol. The summed E-state index contributed by atoms with van der Waals surface area (Å²) in [7, 11) is -7.96. The second kappa shape index (κ2) is 10.7. The highest BCUT2D eigenvalue weighted by Crippen LogP contribution is 2.36. The Hall–Kier alpha value is -3.05. The zero-order valence-electron chi connectivity index (χ0n) is 19.4. The van der Waals surface area contributed by atoms with E-state index in [1.165, 1.54) is 4.31 Å². The van der Waals surface area contributed by atoms with Crippen LogP contribution < -0.4 is 4.90 Å². The van der Waals surface area contributed by atoms with Gasteiger partial charge in [0.1, 0.15) is 4.90 Å². The Morgan fingerprint density at radius 3 is 2.66 bits per heavy atom. The molecule has 3 rings (SSSR count). The summed E-state index contributed by atoms with van der Waals surface area (Å²) in [6, 6.07) is 5.65. The zero-order valence-corrected chi connectivity index (χ0v) is 21.0. The van der Waals surface area contributed by atoms with Gasteiger partial charge in [0.25, 0.3) is 15.8 Å². The van der Waals surface area contributed by atoms with Crippen LogP contribution in [0.15, 0.2) is 35.4 Å². The Morgan fingerprint density at radius 1 is 1.29 bits per heavy atom. The van der Waals surface area contributed by atoms with E-state index in [1.807, 2.05) is 6.92 Å². The van der Waals surface area contributed by atoms with Crippen LogP contribution in [0.25, 0.3) is 0 Å². The smallest absolute Gasteiger partial charge is 0.272 e. The molecule has 0 N–H and O–H groups in total. The van der Waals surface area contributed by atoms with Crippen molar-refractivity contribution >= 4 is 31.5 Å². The highest BCUT2D eigenvalue weighted by atomic mass is 32.2. The van der Waals surface area contributed by atoms with Crippen molar-refractivity contribution in [1.82, 2.24) is 9.29 Å². The lowest BCUT2D eigenvalue weighted by Crippen LogP contribution is -2.38. The average Bonchev–Trinajstić information content (AvgIpc) is 2.81. The molecule has 1 aliphatic heterocycles. The van der Waals surface area contributed by atoms with E-state index in [2.05, 4.69) is 10.9 Å². The minimum atomic E-state index is -4.24. The molecule has 13 heteroatoms. The van der Waals surface area contributed by atoms with Crippen molar-refractivity contribution in [3.63, 3.8) is 0 Å². The molecule has 0 saturated heterocycles. The van der Waals surface area contributed by atoms with Crippen molar-refractivity contribution in [2.45, 2.75) is 31.2 Å². The standard InChI is InChI=1S/C22H26N4O7S2/c1-4-10-24(12-13-33-34(3,29)30)22-17(5-2)14-19(26(27)28)15-21(22)35(31,32)25-11-8-20-18(16-25)7-6-9-23-20/h2,6-7,9,14-15H,4,8,10-13,16H2,1,3H3. The number of nitro groups is 1. The van der Waals surface area contributed by atoms with Crippen LogP contribution in [0.3, 0.4) is 0 Å². The Labute approximate surface area is 205 Å². The largest absolute Gasteiger partial charge is 0.367 e. The van der Waals surface area contributed by atoms with Crippen LogP contribution in [-0.4, -0.2) is 63.5 Å². The Balaban J connectivity index is 2.13. The number of anilines is 1. The van der Waals surface area contributed by atoms with Crippen LogP contribution >= 0.6 is 0 Å². The molecule has 2 heterocycles. The number of hydrogen-bond acceptors (Lipinski definition) is 9. The van der Waals surface area contributed by atoms with E-state index in [1.54, 1.807) is 23.2 Å². The first kappa shape index (κ1) is 26.6. The van der Waals surface area contributed by atoms with Gasteiger partial charge in [-0.3, -0.25) is 19.3 Å². The van der Waals surface area contributed by atoms with Crippen LogP contribution in [0, 0.1) is 22.5 Å². The third-order valence-corrected chi connectivity index (χ3v) is 7.89. The summed E-state index contributed by atoms with van der Waals surface area (Å²) >= 11 is 0. The van der Waals surface area contributed by atoms with Crippen LogP contribution in [0.5, 0.6) is 0 Å². The number of rotatable bonds is 10. The van der Waals surface area contributed by atoms with Gasteiger partial charge in [-0.05, 0) is 18.1 Å². The van der Waals surface area contributed by atoms with Gasteiger partial charge < -0.3 is 4.90 Å². The lowest BCUT2D eigenvalue weighted by molar-refractivity contribution is -0.385. The summed E-state index contributed by atoms with van der Waals surface area (Å²) in [6.07, 6.45) is 9.18. The zero-order chi connectivity index (χ0) is 25.8. The number of hydrogen-bond donors (Lipinski definition) is 0. The fraction of sp³-hybridized carbons (Fsp3) is 0.409. The van der Waals surface area contributed by atoms with Gasteiger partial charge in [0.15, 0.2) is 0 Å². The number of nitro benzene ring substituents is 1. The van der Waals surface area contributed by atoms with Crippen LogP contribution in [0.1, 0.15) is 30.2 Å². The lowest BCUT2D eigenvalue weighted by Gasteiger charge is -2.31. The summed E-state index contributed by atoms with van der Waals surface area (Å²) < 4.78 is 56.7. The normalized spacial score (nSPS) is 14.2. The number of benzene rings is 1.